The first kappa shape index (κ1) is 18.8. The highest BCUT2D eigenvalue weighted by Gasteiger charge is 2.27. The third kappa shape index (κ3) is 4.30. The van der Waals surface area contributed by atoms with Gasteiger partial charge in [-0.05, 0) is 37.8 Å². The van der Waals surface area contributed by atoms with Crippen LogP contribution >= 0.6 is 23.1 Å². The van der Waals surface area contributed by atoms with Gasteiger partial charge in [0.05, 0.1) is 17.9 Å². The molecule has 7 nitrogen and oxygen atoms in total. The van der Waals surface area contributed by atoms with Gasteiger partial charge in [-0.15, -0.1) is 0 Å². The molecule has 0 saturated carbocycles. The Labute approximate surface area is 171 Å². The van der Waals surface area contributed by atoms with E-state index in [9.17, 15) is 0 Å². The van der Waals surface area contributed by atoms with Crippen molar-refractivity contribution in [1.29, 1.82) is 5.26 Å². The molecule has 1 aliphatic rings. The van der Waals surface area contributed by atoms with Gasteiger partial charge in [-0.2, -0.15) is 5.26 Å². The minimum absolute atomic E-state index is 0.271. The molecule has 1 saturated heterocycles. The van der Waals surface area contributed by atoms with Crippen LogP contribution in [0.4, 0.5) is 10.9 Å². The molecule has 3 aromatic rings. The standard InChI is InChI=1S/C19H19N7S2/c1-27-18-21-9-13(10-22-18)12-26-7-3-5-16(26)15-4-2-6-17(24-15)25-19-23-11-14(8-20)28-19/h2,4,6,9-11,16H,3,5,7,12H2,1H3,(H,23,24,25)/t16-/m1/s1. The molecule has 4 rings (SSSR count). The van der Waals surface area contributed by atoms with Crippen LogP contribution < -0.4 is 5.32 Å². The number of thiazole rings is 1. The molecule has 142 valence electrons. The molecule has 1 atom stereocenters. The van der Waals surface area contributed by atoms with Gasteiger partial charge in [-0.3, -0.25) is 4.90 Å². The van der Waals surface area contributed by atoms with Crippen LogP contribution in [-0.4, -0.2) is 37.6 Å². The number of nitrogens with one attached hydrogen (secondary N) is 1. The highest BCUT2D eigenvalue weighted by molar-refractivity contribution is 7.98. The number of hydrogen-bond donors (Lipinski definition) is 1. The van der Waals surface area contributed by atoms with Gasteiger partial charge in [0.15, 0.2) is 10.3 Å². The first-order valence-electron chi connectivity index (χ1n) is 8.94. The Morgan fingerprint density at radius 2 is 2.14 bits per heavy atom. The number of anilines is 2. The average molecular weight is 410 g/mol. The Morgan fingerprint density at radius 3 is 2.89 bits per heavy atom. The molecule has 28 heavy (non-hydrogen) atoms. The lowest BCUT2D eigenvalue weighted by molar-refractivity contribution is 0.244. The van der Waals surface area contributed by atoms with E-state index in [0.29, 0.717) is 10.0 Å². The Morgan fingerprint density at radius 1 is 1.29 bits per heavy atom. The minimum atomic E-state index is 0.271. The topological polar surface area (TPSA) is 90.6 Å². The van der Waals surface area contributed by atoms with Crippen molar-refractivity contribution in [1.82, 2.24) is 24.8 Å². The van der Waals surface area contributed by atoms with Gasteiger partial charge >= 0.3 is 0 Å². The van der Waals surface area contributed by atoms with Crippen molar-refractivity contribution in [3.05, 3.63) is 52.9 Å². The Bertz CT molecular complexity index is 980. The van der Waals surface area contributed by atoms with Gasteiger partial charge in [0.25, 0.3) is 0 Å². The van der Waals surface area contributed by atoms with Crippen LogP contribution in [0.15, 0.2) is 41.9 Å². The third-order valence-corrected chi connectivity index (χ3v) is 5.97. The molecule has 0 spiro atoms. The molecular weight excluding hydrogens is 390 g/mol. The van der Waals surface area contributed by atoms with Crippen LogP contribution in [0.25, 0.3) is 0 Å². The summed E-state index contributed by atoms with van der Waals surface area (Å²) < 4.78 is 0. The number of nitrogens with zero attached hydrogens (tertiary/aromatic N) is 6. The first-order chi connectivity index (χ1) is 13.7. The van der Waals surface area contributed by atoms with E-state index in [1.54, 1.807) is 18.0 Å². The van der Waals surface area contributed by atoms with Crippen molar-refractivity contribution in [2.45, 2.75) is 30.6 Å². The predicted molar refractivity (Wildman–Crippen MR) is 111 cm³/mol. The van der Waals surface area contributed by atoms with Crippen LogP contribution in [0.1, 0.15) is 35.0 Å². The maximum Gasteiger partial charge on any atom is 0.189 e. The second-order valence-electron chi connectivity index (χ2n) is 6.42. The van der Waals surface area contributed by atoms with Crippen molar-refractivity contribution >= 4 is 34.0 Å². The van der Waals surface area contributed by atoms with Crippen LogP contribution in [-0.2, 0) is 6.54 Å². The van der Waals surface area contributed by atoms with Crippen molar-refractivity contribution in [2.75, 3.05) is 18.1 Å². The van der Waals surface area contributed by atoms with E-state index in [0.717, 1.165) is 48.2 Å². The highest BCUT2D eigenvalue weighted by Crippen LogP contribution is 2.33. The third-order valence-electron chi connectivity index (χ3n) is 4.58. The summed E-state index contributed by atoms with van der Waals surface area (Å²) >= 11 is 2.87. The second-order valence-corrected chi connectivity index (χ2v) is 8.22. The molecule has 1 N–H and O–H groups in total. The highest BCUT2D eigenvalue weighted by atomic mass is 32.2. The summed E-state index contributed by atoms with van der Waals surface area (Å²) in [4.78, 5) is 20.8. The quantitative estimate of drug-likeness (QED) is 0.482. The lowest BCUT2D eigenvalue weighted by atomic mass is 10.1. The van der Waals surface area contributed by atoms with E-state index in [2.05, 4.69) is 37.3 Å². The van der Waals surface area contributed by atoms with E-state index in [1.165, 1.54) is 11.3 Å². The summed E-state index contributed by atoms with van der Waals surface area (Å²) in [5.41, 5.74) is 2.16. The maximum absolute atomic E-state index is 8.95. The Hall–Kier alpha value is -2.54. The zero-order valence-corrected chi connectivity index (χ0v) is 17.0. The molecule has 3 aromatic heterocycles. The van der Waals surface area contributed by atoms with E-state index < -0.39 is 0 Å². The largest absolute Gasteiger partial charge is 0.316 e. The van der Waals surface area contributed by atoms with Gasteiger partial charge in [0, 0.05) is 24.5 Å². The number of likely N-dealkylation sites (tertiary alicyclic amines) is 1. The molecule has 0 radical (unpaired) electrons. The summed E-state index contributed by atoms with van der Waals surface area (Å²) in [6.07, 6.45) is 9.59. The molecule has 9 heteroatoms. The molecule has 0 aliphatic carbocycles. The van der Waals surface area contributed by atoms with Gasteiger partial charge in [-0.1, -0.05) is 29.2 Å². The predicted octanol–water partition coefficient (Wildman–Crippen LogP) is 4.00. The fourth-order valence-corrected chi connectivity index (χ4v) is 4.25. The molecule has 0 aromatic carbocycles. The fraction of sp³-hybridized carbons (Fsp3) is 0.316. The molecule has 0 bridgehead atoms. The van der Waals surface area contributed by atoms with Crippen LogP contribution in [0.5, 0.6) is 0 Å². The average Bonchev–Trinajstić information content (AvgIpc) is 3.38. The van der Waals surface area contributed by atoms with Gasteiger partial charge < -0.3 is 5.32 Å². The SMILES string of the molecule is CSc1ncc(CN2CCC[C@@H]2c2cccc(Nc3ncc(C#N)s3)n2)cn1. The lowest BCUT2D eigenvalue weighted by Gasteiger charge is -2.24. The van der Waals surface area contributed by atoms with Crippen molar-refractivity contribution in [2.24, 2.45) is 0 Å². The van der Waals surface area contributed by atoms with Crippen LogP contribution in [0.2, 0.25) is 0 Å². The molecule has 0 unspecified atom stereocenters. The Balaban J connectivity index is 1.48. The summed E-state index contributed by atoms with van der Waals surface area (Å²) in [5, 5.41) is 13.6. The molecule has 4 heterocycles. The zero-order chi connectivity index (χ0) is 19.3. The lowest BCUT2D eigenvalue weighted by Crippen LogP contribution is -2.23. The maximum atomic E-state index is 8.95. The van der Waals surface area contributed by atoms with Crippen molar-refractivity contribution in [3.63, 3.8) is 0 Å². The summed E-state index contributed by atoms with van der Waals surface area (Å²) in [6, 6.07) is 8.38. The van der Waals surface area contributed by atoms with Crippen LogP contribution in [0, 0.1) is 11.3 Å². The van der Waals surface area contributed by atoms with Crippen molar-refractivity contribution in [3.8, 4) is 6.07 Å². The summed E-state index contributed by atoms with van der Waals surface area (Å²) in [7, 11) is 0. The molecule has 0 amide bonds. The van der Waals surface area contributed by atoms with E-state index >= 15 is 0 Å². The number of aromatic nitrogens is 4. The second kappa shape index (κ2) is 8.65. The van der Waals surface area contributed by atoms with Gasteiger partial charge in [0.1, 0.15) is 16.8 Å². The number of hydrogen-bond acceptors (Lipinski definition) is 9. The van der Waals surface area contributed by atoms with Crippen molar-refractivity contribution < 1.29 is 0 Å². The van der Waals surface area contributed by atoms with E-state index in [1.807, 2.05) is 30.8 Å². The monoisotopic (exact) mass is 409 g/mol. The van der Waals surface area contributed by atoms with Gasteiger partial charge in [0.2, 0.25) is 0 Å². The minimum Gasteiger partial charge on any atom is -0.316 e. The molecule has 1 aliphatic heterocycles. The van der Waals surface area contributed by atoms with E-state index in [-0.39, 0.29) is 6.04 Å². The fourth-order valence-electron chi connectivity index (χ4n) is 3.31. The summed E-state index contributed by atoms with van der Waals surface area (Å²) in [6.45, 7) is 1.85. The van der Waals surface area contributed by atoms with Crippen LogP contribution in [0.3, 0.4) is 0 Å². The number of rotatable bonds is 6. The smallest absolute Gasteiger partial charge is 0.189 e. The van der Waals surface area contributed by atoms with E-state index in [4.69, 9.17) is 10.2 Å². The zero-order valence-electron chi connectivity index (χ0n) is 15.4. The molecular formula is C19H19N7S2. The van der Waals surface area contributed by atoms with Gasteiger partial charge in [-0.25, -0.2) is 19.9 Å². The number of thioether (sulfide) groups is 1. The number of nitriles is 1. The first-order valence-corrected chi connectivity index (χ1v) is 11.0. The summed E-state index contributed by atoms with van der Waals surface area (Å²) in [5.74, 6) is 0.746. The number of pyridine rings is 1. The molecule has 1 fully saturated rings. The normalized spacial score (nSPS) is 16.8. The Kier molecular flexibility index (Phi) is 5.81.